The molecule has 2 rings (SSSR count). The summed E-state index contributed by atoms with van der Waals surface area (Å²) in [7, 11) is 0. The van der Waals surface area contributed by atoms with Crippen LogP contribution in [-0.2, 0) is 6.42 Å². The third-order valence-electron chi connectivity index (χ3n) is 1.87. The number of hydrogen-bond acceptors (Lipinski definition) is 3. The maximum absolute atomic E-state index is 11.5. The lowest BCUT2D eigenvalue weighted by molar-refractivity contribution is 1.07. The smallest absolute Gasteiger partial charge is 0.267 e. The second-order valence-electron chi connectivity index (χ2n) is 2.76. The van der Waals surface area contributed by atoms with Gasteiger partial charge in [-0.2, -0.15) is 0 Å². The quantitative estimate of drug-likeness (QED) is 0.691. The summed E-state index contributed by atoms with van der Waals surface area (Å²) in [5, 5.41) is 1.63. The van der Waals surface area contributed by atoms with E-state index in [9.17, 15) is 4.79 Å². The molecular formula is C10H9NOS. The van der Waals surface area contributed by atoms with Crippen molar-refractivity contribution in [3.8, 4) is 0 Å². The molecule has 2 nitrogen and oxygen atoms in total. The van der Waals surface area contributed by atoms with Crippen LogP contribution in [0.15, 0.2) is 29.1 Å². The molecule has 0 saturated heterocycles. The molecule has 0 fully saturated rings. The molecule has 1 aromatic carbocycles. The van der Waals surface area contributed by atoms with Crippen LogP contribution in [0.4, 0.5) is 0 Å². The normalized spacial score (nSPS) is 10.5. The van der Waals surface area contributed by atoms with Crippen molar-refractivity contribution in [2.75, 3.05) is 0 Å². The minimum Gasteiger partial charge on any atom is -0.267 e. The molecule has 0 amide bonds. The number of aryl methyl sites for hydroxylation is 1. The molecule has 0 atom stereocenters. The fourth-order valence-electron chi connectivity index (χ4n) is 1.21. The Hall–Kier alpha value is -1.22. The third kappa shape index (κ3) is 1.47. The van der Waals surface area contributed by atoms with Gasteiger partial charge in [0.25, 0.3) is 5.56 Å². The summed E-state index contributed by atoms with van der Waals surface area (Å²) in [4.78, 5) is 15.4. The maximum atomic E-state index is 11.5. The molecule has 0 unspecified atom stereocenters. The molecule has 0 aliphatic heterocycles. The highest BCUT2D eigenvalue weighted by Gasteiger charge is 2.01. The number of aromatic nitrogens is 1. The molecule has 1 heterocycles. The molecular weight excluding hydrogens is 182 g/mol. The molecule has 1 aromatic heterocycles. The predicted molar refractivity (Wildman–Crippen MR) is 55.3 cm³/mol. The van der Waals surface area contributed by atoms with Crippen LogP contribution >= 0.6 is 11.3 Å². The summed E-state index contributed by atoms with van der Waals surface area (Å²) < 4.78 is 1.03. The van der Waals surface area contributed by atoms with Crippen LogP contribution in [0.1, 0.15) is 11.9 Å². The van der Waals surface area contributed by atoms with Crippen molar-refractivity contribution < 1.29 is 0 Å². The van der Waals surface area contributed by atoms with Crippen LogP contribution in [0.25, 0.3) is 10.1 Å². The van der Waals surface area contributed by atoms with Crippen LogP contribution < -0.4 is 5.56 Å². The average Bonchev–Trinajstić information content (AvgIpc) is 2.18. The first-order chi connectivity index (χ1) is 6.31. The lowest BCUT2D eigenvalue weighted by atomic mass is 10.3. The van der Waals surface area contributed by atoms with Gasteiger partial charge in [0.15, 0.2) is 0 Å². The van der Waals surface area contributed by atoms with Crippen molar-refractivity contribution in [2.24, 2.45) is 0 Å². The van der Waals surface area contributed by atoms with Crippen molar-refractivity contribution in [3.63, 3.8) is 0 Å². The fraction of sp³-hybridized carbons (Fsp3) is 0.200. The summed E-state index contributed by atoms with van der Waals surface area (Å²) in [6.07, 6.45) is 0.824. The van der Waals surface area contributed by atoms with E-state index < -0.39 is 0 Å². The lowest BCUT2D eigenvalue weighted by Crippen LogP contribution is -2.06. The van der Waals surface area contributed by atoms with E-state index in [0.717, 1.165) is 21.5 Å². The van der Waals surface area contributed by atoms with Gasteiger partial charge in [-0.3, -0.25) is 4.79 Å². The van der Waals surface area contributed by atoms with Gasteiger partial charge in [0.2, 0.25) is 0 Å². The largest absolute Gasteiger partial charge is 0.279 e. The van der Waals surface area contributed by atoms with Gasteiger partial charge in [-0.25, -0.2) is 4.98 Å². The van der Waals surface area contributed by atoms with E-state index in [1.807, 2.05) is 31.2 Å². The number of rotatable bonds is 1. The first-order valence-corrected chi connectivity index (χ1v) is 5.01. The monoisotopic (exact) mass is 191 g/mol. The Morgan fingerprint density at radius 2 is 2.15 bits per heavy atom. The molecule has 66 valence electrons. The maximum Gasteiger partial charge on any atom is 0.279 e. The van der Waals surface area contributed by atoms with Gasteiger partial charge >= 0.3 is 0 Å². The highest BCUT2D eigenvalue weighted by Crippen LogP contribution is 2.16. The zero-order valence-corrected chi connectivity index (χ0v) is 8.10. The fourth-order valence-corrected chi connectivity index (χ4v) is 2.15. The van der Waals surface area contributed by atoms with Crippen LogP contribution in [0.3, 0.4) is 0 Å². The second-order valence-corrected chi connectivity index (χ2v) is 3.88. The molecule has 2 aromatic rings. The number of benzene rings is 1. The molecule has 0 N–H and O–H groups in total. The minimum absolute atomic E-state index is 0.105. The van der Waals surface area contributed by atoms with E-state index in [2.05, 4.69) is 4.98 Å². The van der Waals surface area contributed by atoms with Gasteiger partial charge in [0.05, 0.1) is 10.4 Å². The van der Waals surface area contributed by atoms with Gasteiger partial charge in [-0.15, -0.1) is 11.3 Å². The first kappa shape index (κ1) is 8.38. The number of fused-ring (bicyclic) bond motifs is 1. The van der Waals surface area contributed by atoms with E-state index in [-0.39, 0.29) is 5.56 Å². The van der Waals surface area contributed by atoms with Gasteiger partial charge in [0.1, 0.15) is 0 Å². The molecule has 0 spiro atoms. The summed E-state index contributed by atoms with van der Waals surface area (Å²) in [6.45, 7) is 2.01. The summed E-state index contributed by atoms with van der Waals surface area (Å²) in [5.41, 5.74) is -0.105. The van der Waals surface area contributed by atoms with E-state index in [1.54, 1.807) is 11.3 Å². The van der Waals surface area contributed by atoms with E-state index >= 15 is 0 Å². The standard InChI is InChI=1S/C10H9NOS/c1-2-9-11-10(12)7-5-3-4-6-8(7)13-9/h3-6H,2H2,1H3. The van der Waals surface area contributed by atoms with Crippen LogP contribution in [-0.4, -0.2) is 4.98 Å². The van der Waals surface area contributed by atoms with Crippen LogP contribution in [0.2, 0.25) is 0 Å². The van der Waals surface area contributed by atoms with Crippen LogP contribution in [0.5, 0.6) is 0 Å². The number of nitrogens with zero attached hydrogens (tertiary/aromatic N) is 1. The summed E-state index contributed by atoms with van der Waals surface area (Å²) >= 11 is 1.59. The predicted octanol–water partition coefficient (Wildman–Crippen LogP) is 2.22. The van der Waals surface area contributed by atoms with Gasteiger partial charge in [0, 0.05) is 4.70 Å². The van der Waals surface area contributed by atoms with Gasteiger partial charge < -0.3 is 0 Å². The molecule has 0 saturated carbocycles. The Bertz CT molecular complexity index is 489. The topological polar surface area (TPSA) is 30.0 Å². The zero-order valence-electron chi connectivity index (χ0n) is 7.28. The zero-order chi connectivity index (χ0) is 9.26. The molecule has 0 radical (unpaired) electrons. The Morgan fingerprint density at radius 1 is 1.38 bits per heavy atom. The Balaban J connectivity index is 2.85. The molecule has 13 heavy (non-hydrogen) atoms. The van der Waals surface area contributed by atoms with E-state index in [4.69, 9.17) is 0 Å². The number of hydrogen-bond donors (Lipinski definition) is 0. The Labute approximate surface area is 79.9 Å². The van der Waals surface area contributed by atoms with Crippen molar-refractivity contribution in [1.82, 2.24) is 4.98 Å². The molecule has 0 aliphatic carbocycles. The molecule has 0 bridgehead atoms. The van der Waals surface area contributed by atoms with E-state index in [0.29, 0.717) is 0 Å². The van der Waals surface area contributed by atoms with Gasteiger partial charge in [-0.05, 0) is 18.6 Å². The third-order valence-corrected chi connectivity index (χ3v) is 3.07. The van der Waals surface area contributed by atoms with Gasteiger partial charge in [-0.1, -0.05) is 19.1 Å². The van der Waals surface area contributed by atoms with Crippen molar-refractivity contribution >= 4 is 21.4 Å². The van der Waals surface area contributed by atoms with E-state index in [1.165, 1.54) is 0 Å². The highest BCUT2D eigenvalue weighted by molar-refractivity contribution is 7.18. The minimum atomic E-state index is -0.105. The SMILES string of the molecule is CCc1nc(=O)c2ccccc2s1. The Kier molecular flexibility index (Phi) is 2.10. The lowest BCUT2D eigenvalue weighted by Gasteiger charge is -1.96. The van der Waals surface area contributed by atoms with Crippen LogP contribution in [0, 0.1) is 0 Å². The highest BCUT2D eigenvalue weighted by atomic mass is 32.1. The summed E-state index contributed by atoms with van der Waals surface area (Å²) in [6, 6.07) is 7.59. The van der Waals surface area contributed by atoms with Crippen molar-refractivity contribution in [3.05, 3.63) is 39.6 Å². The van der Waals surface area contributed by atoms with Crippen molar-refractivity contribution in [1.29, 1.82) is 0 Å². The van der Waals surface area contributed by atoms with Crippen molar-refractivity contribution in [2.45, 2.75) is 13.3 Å². The summed E-state index contributed by atoms with van der Waals surface area (Å²) in [5.74, 6) is 0. The Morgan fingerprint density at radius 3 is 2.92 bits per heavy atom. The molecule has 0 aliphatic rings. The molecule has 3 heteroatoms. The average molecular weight is 191 g/mol. The first-order valence-electron chi connectivity index (χ1n) is 4.20. The second kappa shape index (κ2) is 3.26.